The van der Waals surface area contributed by atoms with Crippen LogP contribution in [0.5, 0.6) is 5.75 Å². The SMILES string of the molecule is Oc1c(C=NC2CCC2)cccc1C12CC3CC(CC(C3)C1)C2. The first-order chi connectivity index (χ1) is 11.2. The lowest BCUT2D eigenvalue weighted by Gasteiger charge is -2.57. The lowest BCUT2D eigenvalue weighted by molar-refractivity contribution is -0.00613. The largest absolute Gasteiger partial charge is 0.507 e. The fourth-order valence-corrected chi connectivity index (χ4v) is 6.26. The van der Waals surface area contributed by atoms with E-state index in [0.29, 0.717) is 11.8 Å². The van der Waals surface area contributed by atoms with Crippen molar-refractivity contribution in [1.29, 1.82) is 0 Å². The zero-order valence-electron chi connectivity index (χ0n) is 13.9. The van der Waals surface area contributed by atoms with Crippen LogP contribution < -0.4 is 0 Å². The standard InChI is InChI=1S/C21H27NO/c23-20-17(13-22-18-4-2-5-18)3-1-6-19(20)21-10-14-7-15(11-21)9-16(8-14)12-21/h1,3,6,13-16,18,23H,2,4-5,7-12H2. The van der Waals surface area contributed by atoms with Crippen LogP contribution in [0.25, 0.3) is 0 Å². The van der Waals surface area contributed by atoms with Crippen molar-refractivity contribution in [2.24, 2.45) is 22.7 Å². The van der Waals surface area contributed by atoms with Crippen molar-refractivity contribution in [3.05, 3.63) is 29.3 Å². The van der Waals surface area contributed by atoms with Crippen molar-refractivity contribution in [2.75, 3.05) is 0 Å². The van der Waals surface area contributed by atoms with Crippen molar-refractivity contribution in [3.63, 3.8) is 0 Å². The number of hydrogen-bond acceptors (Lipinski definition) is 2. The first-order valence-electron chi connectivity index (χ1n) is 9.57. The van der Waals surface area contributed by atoms with Gasteiger partial charge in [0.1, 0.15) is 5.75 Å². The minimum absolute atomic E-state index is 0.263. The Kier molecular flexibility index (Phi) is 3.11. The maximum absolute atomic E-state index is 11.0. The number of aliphatic imine (C=N–C) groups is 1. The molecule has 0 saturated heterocycles. The summed E-state index contributed by atoms with van der Waals surface area (Å²) in [5, 5.41) is 11.0. The number of nitrogens with zero attached hydrogens (tertiary/aromatic N) is 1. The Morgan fingerprint density at radius 2 is 1.65 bits per heavy atom. The van der Waals surface area contributed by atoms with E-state index in [-0.39, 0.29) is 5.41 Å². The molecule has 4 bridgehead atoms. The van der Waals surface area contributed by atoms with Gasteiger partial charge in [-0.05, 0) is 87.0 Å². The van der Waals surface area contributed by atoms with Gasteiger partial charge < -0.3 is 5.11 Å². The lowest BCUT2D eigenvalue weighted by Crippen LogP contribution is -2.48. The predicted molar refractivity (Wildman–Crippen MR) is 93.2 cm³/mol. The van der Waals surface area contributed by atoms with Gasteiger partial charge in [0.25, 0.3) is 0 Å². The third-order valence-electron chi connectivity index (χ3n) is 7.18. The lowest BCUT2D eigenvalue weighted by atomic mass is 9.48. The topological polar surface area (TPSA) is 32.6 Å². The molecule has 6 rings (SSSR count). The molecule has 0 radical (unpaired) electrons. The molecule has 23 heavy (non-hydrogen) atoms. The van der Waals surface area contributed by atoms with Crippen LogP contribution in [0.1, 0.15) is 68.9 Å². The summed E-state index contributed by atoms with van der Waals surface area (Å²) < 4.78 is 0. The third kappa shape index (κ3) is 2.25. The highest BCUT2D eigenvalue weighted by molar-refractivity contribution is 5.84. The highest BCUT2D eigenvalue weighted by Crippen LogP contribution is 2.61. The van der Waals surface area contributed by atoms with Gasteiger partial charge in [-0.15, -0.1) is 0 Å². The van der Waals surface area contributed by atoms with Crippen LogP contribution in [-0.2, 0) is 5.41 Å². The maximum atomic E-state index is 11.0. The van der Waals surface area contributed by atoms with Crippen LogP contribution in [0, 0.1) is 17.8 Å². The second-order valence-corrected chi connectivity index (χ2v) is 8.80. The van der Waals surface area contributed by atoms with Gasteiger partial charge in [0, 0.05) is 23.4 Å². The van der Waals surface area contributed by atoms with E-state index in [1.807, 2.05) is 12.3 Å². The minimum Gasteiger partial charge on any atom is -0.507 e. The number of rotatable bonds is 3. The van der Waals surface area contributed by atoms with Gasteiger partial charge in [-0.3, -0.25) is 4.99 Å². The molecule has 5 aliphatic rings. The smallest absolute Gasteiger partial charge is 0.128 e. The van der Waals surface area contributed by atoms with Crippen LogP contribution >= 0.6 is 0 Å². The summed E-state index contributed by atoms with van der Waals surface area (Å²) in [6.07, 6.45) is 13.9. The summed E-state index contributed by atoms with van der Waals surface area (Å²) in [5.41, 5.74) is 2.43. The molecule has 0 heterocycles. The molecule has 0 atom stereocenters. The number of hydrogen-bond donors (Lipinski definition) is 1. The van der Waals surface area contributed by atoms with E-state index in [4.69, 9.17) is 0 Å². The Morgan fingerprint density at radius 3 is 2.22 bits per heavy atom. The Bertz CT molecular complexity index is 608. The number of benzene rings is 1. The second kappa shape index (κ2) is 5.09. The van der Waals surface area contributed by atoms with Gasteiger partial charge in [-0.25, -0.2) is 0 Å². The molecule has 0 aromatic heterocycles. The molecule has 1 N–H and O–H groups in total. The summed E-state index contributed by atoms with van der Waals surface area (Å²) in [4.78, 5) is 4.66. The van der Waals surface area contributed by atoms with Gasteiger partial charge in [0.2, 0.25) is 0 Å². The fraction of sp³-hybridized carbons (Fsp3) is 0.667. The molecule has 5 fully saturated rings. The van der Waals surface area contributed by atoms with Crippen molar-refractivity contribution in [1.82, 2.24) is 0 Å². The van der Waals surface area contributed by atoms with Crippen molar-refractivity contribution < 1.29 is 5.11 Å². The van der Waals surface area contributed by atoms with E-state index in [0.717, 1.165) is 23.3 Å². The summed E-state index contributed by atoms with van der Waals surface area (Å²) in [5.74, 6) is 3.26. The van der Waals surface area contributed by atoms with E-state index >= 15 is 0 Å². The molecule has 1 aromatic carbocycles. The molecule has 5 aliphatic carbocycles. The quantitative estimate of drug-likeness (QED) is 0.797. The molecule has 2 nitrogen and oxygen atoms in total. The molecule has 0 amide bonds. The van der Waals surface area contributed by atoms with Crippen LogP contribution in [0.4, 0.5) is 0 Å². The molecule has 2 heteroatoms. The molecule has 0 aliphatic heterocycles. The number of phenolic OH excluding ortho intramolecular Hbond substituents is 1. The molecule has 5 saturated carbocycles. The third-order valence-corrected chi connectivity index (χ3v) is 7.18. The van der Waals surface area contributed by atoms with E-state index in [1.165, 1.54) is 63.4 Å². The van der Waals surface area contributed by atoms with Crippen molar-refractivity contribution >= 4 is 6.21 Å². The Morgan fingerprint density at radius 1 is 1.00 bits per heavy atom. The average Bonchev–Trinajstić information content (AvgIpc) is 2.45. The van der Waals surface area contributed by atoms with Crippen LogP contribution in [-0.4, -0.2) is 17.4 Å². The zero-order valence-corrected chi connectivity index (χ0v) is 13.9. The Labute approximate surface area is 139 Å². The minimum atomic E-state index is 0.263. The number of para-hydroxylation sites is 1. The molecular formula is C21H27NO. The normalized spacial score (nSPS) is 39.0. The van der Waals surface area contributed by atoms with Crippen LogP contribution in [0.2, 0.25) is 0 Å². The first kappa shape index (κ1) is 14.1. The van der Waals surface area contributed by atoms with Crippen molar-refractivity contribution in [3.8, 4) is 5.75 Å². The molecule has 0 unspecified atom stereocenters. The summed E-state index contributed by atoms with van der Waals surface area (Å²) in [6.45, 7) is 0. The summed E-state index contributed by atoms with van der Waals surface area (Å²) >= 11 is 0. The first-order valence-corrected chi connectivity index (χ1v) is 9.57. The molecule has 122 valence electrons. The monoisotopic (exact) mass is 309 g/mol. The molecular weight excluding hydrogens is 282 g/mol. The summed E-state index contributed by atoms with van der Waals surface area (Å²) in [7, 11) is 0. The van der Waals surface area contributed by atoms with Gasteiger partial charge in [0.05, 0.1) is 0 Å². The highest BCUT2D eigenvalue weighted by atomic mass is 16.3. The second-order valence-electron chi connectivity index (χ2n) is 8.80. The Balaban J connectivity index is 1.49. The highest BCUT2D eigenvalue weighted by Gasteiger charge is 2.52. The van der Waals surface area contributed by atoms with Gasteiger partial charge in [0.15, 0.2) is 0 Å². The van der Waals surface area contributed by atoms with Gasteiger partial charge in [-0.1, -0.05) is 12.1 Å². The van der Waals surface area contributed by atoms with E-state index < -0.39 is 0 Å². The van der Waals surface area contributed by atoms with E-state index in [9.17, 15) is 5.11 Å². The predicted octanol–water partition coefficient (Wildman–Crippen LogP) is 4.83. The Hall–Kier alpha value is -1.31. The van der Waals surface area contributed by atoms with E-state index in [1.54, 1.807) is 0 Å². The maximum Gasteiger partial charge on any atom is 0.128 e. The number of phenols is 1. The molecule has 0 spiro atoms. The number of aromatic hydroxyl groups is 1. The average molecular weight is 309 g/mol. The van der Waals surface area contributed by atoms with Gasteiger partial charge >= 0.3 is 0 Å². The summed E-state index contributed by atoms with van der Waals surface area (Å²) in [6, 6.07) is 6.86. The van der Waals surface area contributed by atoms with E-state index in [2.05, 4.69) is 17.1 Å². The van der Waals surface area contributed by atoms with Gasteiger partial charge in [-0.2, -0.15) is 0 Å². The van der Waals surface area contributed by atoms with Crippen LogP contribution in [0.3, 0.4) is 0 Å². The fourth-order valence-electron chi connectivity index (χ4n) is 6.26. The van der Waals surface area contributed by atoms with Crippen LogP contribution in [0.15, 0.2) is 23.2 Å². The zero-order chi connectivity index (χ0) is 15.4. The van der Waals surface area contributed by atoms with Crippen molar-refractivity contribution in [2.45, 2.75) is 69.2 Å². The molecule has 1 aromatic rings.